The molecule has 3 rings (SSSR count). The number of hydrogen-bond acceptors (Lipinski definition) is 5. The highest BCUT2D eigenvalue weighted by molar-refractivity contribution is 5.93. The van der Waals surface area contributed by atoms with E-state index in [2.05, 4.69) is 26.9 Å². The average Bonchev–Trinajstić information content (AvgIpc) is 3.34. The van der Waals surface area contributed by atoms with E-state index in [4.69, 9.17) is 5.26 Å². The molecule has 0 atom stereocenters. The van der Waals surface area contributed by atoms with Crippen LogP contribution in [-0.2, 0) is 4.79 Å². The van der Waals surface area contributed by atoms with E-state index in [1.807, 2.05) is 6.07 Å². The van der Waals surface area contributed by atoms with Gasteiger partial charge in [-0.2, -0.15) is 5.26 Å². The van der Waals surface area contributed by atoms with E-state index in [-0.39, 0.29) is 11.8 Å². The Labute approximate surface area is 121 Å². The fraction of sp³-hybridized carbons (Fsp3) is 0.200. The lowest BCUT2D eigenvalue weighted by Gasteiger charge is -2.07. The first kappa shape index (κ1) is 13.1. The first-order valence-electron chi connectivity index (χ1n) is 6.67. The Kier molecular flexibility index (Phi) is 3.48. The minimum atomic E-state index is -0.000152. The van der Waals surface area contributed by atoms with Crippen molar-refractivity contribution in [1.82, 2.24) is 10.2 Å². The molecule has 21 heavy (non-hydrogen) atoms. The van der Waals surface area contributed by atoms with Crippen molar-refractivity contribution in [1.29, 1.82) is 5.26 Å². The number of carbonyl (C=O) groups is 1. The molecule has 2 N–H and O–H groups in total. The molecule has 1 heterocycles. The van der Waals surface area contributed by atoms with E-state index in [0.717, 1.165) is 12.8 Å². The second-order valence-corrected chi connectivity index (χ2v) is 4.85. The normalized spacial score (nSPS) is 13.3. The number of nitriles is 1. The summed E-state index contributed by atoms with van der Waals surface area (Å²) in [6.45, 7) is 0. The maximum atomic E-state index is 11.6. The summed E-state index contributed by atoms with van der Waals surface area (Å²) in [5.41, 5.74) is 1.20. The van der Waals surface area contributed by atoms with Crippen LogP contribution in [0.1, 0.15) is 18.4 Å². The van der Waals surface area contributed by atoms with Crippen LogP contribution in [0.4, 0.5) is 17.3 Å². The summed E-state index contributed by atoms with van der Waals surface area (Å²) in [7, 11) is 0. The molecule has 0 saturated heterocycles. The molecule has 0 radical (unpaired) electrons. The molecule has 104 valence electrons. The SMILES string of the molecule is N#Cc1ccccc1Nc1ccc(NC(=O)C2CC2)nn1. The van der Waals surface area contributed by atoms with Gasteiger partial charge in [-0.1, -0.05) is 12.1 Å². The number of benzene rings is 1. The molecule has 2 aromatic rings. The Hall–Kier alpha value is -2.94. The average molecular weight is 279 g/mol. The van der Waals surface area contributed by atoms with Gasteiger partial charge in [0, 0.05) is 5.92 Å². The molecule has 1 fully saturated rings. The summed E-state index contributed by atoms with van der Waals surface area (Å²) < 4.78 is 0. The lowest BCUT2D eigenvalue weighted by molar-refractivity contribution is -0.117. The fourth-order valence-electron chi connectivity index (χ4n) is 1.87. The number of para-hydroxylation sites is 1. The van der Waals surface area contributed by atoms with Gasteiger partial charge < -0.3 is 10.6 Å². The van der Waals surface area contributed by atoms with Crippen LogP contribution >= 0.6 is 0 Å². The van der Waals surface area contributed by atoms with Crippen molar-refractivity contribution in [3.63, 3.8) is 0 Å². The van der Waals surface area contributed by atoms with Crippen molar-refractivity contribution in [2.24, 2.45) is 5.92 Å². The summed E-state index contributed by atoms with van der Waals surface area (Å²) in [6, 6.07) is 12.7. The Bertz CT molecular complexity index is 701. The van der Waals surface area contributed by atoms with E-state index in [1.165, 1.54) is 0 Å². The van der Waals surface area contributed by atoms with Crippen LogP contribution in [0.2, 0.25) is 0 Å². The number of hydrogen-bond donors (Lipinski definition) is 2. The van der Waals surface area contributed by atoms with Gasteiger partial charge in [0.05, 0.1) is 11.3 Å². The van der Waals surface area contributed by atoms with E-state index >= 15 is 0 Å². The number of rotatable bonds is 4. The molecular weight excluding hydrogens is 266 g/mol. The number of nitrogens with zero attached hydrogens (tertiary/aromatic N) is 3. The van der Waals surface area contributed by atoms with Crippen LogP contribution < -0.4 is 10.6 Å². The Morgan fingerprint density at radius 2 is 1.86 bits per heavy atom. The van der Waals surface area contributed by atoms with Crippen LogP contribution in [-0.4, -0.2) is 16.1 Å². The second kappa shape index (κ2) is 5.59. The Morgan fingerprint density at radius 3 is 2.52 bits per heavy atom. The predicted octanol–water partition coefficient (Wildman–Crippen LogP) is 2.44. The van der Waals surface area contributed by atoms with E-state index in [9.17, 15) is 4.79 Å². The first-order valence-corrected chi connectivity index (χ1v) is 6.67. The van der Waals surface area contributed by atoms with Crippen molar-refractivity contribution in [2.75, 3.05) is 10.6 Å². The van der Waals surface area contributed by atoms with Gasteiger partial charge in [0.1, 0.15) is 6.07 Å². The van der Waals surface area contributed by atoms with Gasteiger partial charge in [0.15, 0.2) is 11.6 Å². The third-order valence-electron chi connectivity index (χ3n) is 3.17. The minimum absolute atomic E-state index is 0.000152. The van der Waals surface area contributed by atoms with Crippen LogP contribution in [0, 0.1) is 17.2 Å². The van der Waals surface area contributed by atoms with Gasteiger partial charge in [-0.05, 0) is 37.1 Å². The molecule has 0 spiro atoms. The van der Waals surface area contributed by atoms with Gasteiger partial charge in [-0.15, -0.1) is 10.2 Å². The smallest absolute Gasteiger partial charge is 0.228 e. The molecule has 1 aliphatic carbocycles. The molecule has 1 aliphatic rings. The summed E-state index contributed by atoms with van der Waals surface area (Å²) in [5, 5.41) is 22.7. The lowest BCUT2D eigenvalue weighted by atomic mass is 10.2. The standard InChI is InChI=1S/C15H13N5O/c16-9-11-3-1-2-4-12(11)17-13-7-8-14(20-19-13)18-15(21)10-5-6-10/h1-4,7-8,10H,5-6H2,(H,17,19)(H,18,20,21). The van der Waals surface area contributed by atoms with Gasteiger partial charge >= 0.3 is 0 Å². The van der Waals surface area contributed by atoms with Gasteiger partial charge in [0.2, 0.25) is 5.91 Å². The fourth-order valence-corrected chi connectivity index (χ4v) is 1.87. The molecule has 0 bridgehead atoms. The van der Waals surface area contributed by atoms with Crippen LogP contribution in [0.15, 0.2) is 36.4 Å². The Balaban J connectivity index is 1.69. The lowest BCUT2D eigenvalue weighted by Crippen LogP contribution is -2.14. The molecule has 6 nitrogen and oxygen atoms in total. The predicted molar refractivity (Wildman–Crippen MR) is 77.8 cm³/mol. The quantitative estimate of drug-likeness (QED) is 0.897. The molecule has 1 amide bonds. The third kappa shape index (κ3) is 3.15. The molecule has 1 aromatic heterocycles. The first-order chi connectivity index (χ1) is 10.3. The van der Waals surface area contributed by atoms with Crippen molar-refractivity contribution < 1.29 is 4.79 Å². The highest BCUT2D eigenvalue weighted by atomic mass is 16.2. The van der Waals surface area contributed by atoms with Crippen molar-refractivity contribution in [3.05, 3.63) is 42.0 Å². The summed E-state index contributed by atoms with van der Waals surface area (Å²) in [5.74, 6) is 1.08. The zero-order valence-electron chi connectivity index (χ0n) is 11.2. The number of carbonyl (C=O) groups excluding carboxylic acids is 1. The zero-order valence-corrected chi connectivity index (χ0v) is 11.2. The number of aromatic nitrogens is 2. The van der Waals surface area contributed by atoms with Crippen LogP contribution in [0.25, 0.3) is 0 Å². The van der Waals surface area contributed by atoms with E-state index < -0.39 is 0 Å². The monoisotopic (exact) mass is 279 g/mol. The molecule has 6 heteroatoms. The molecule has 0 aliphatic heterocycles. The van der Waals surface area contributed by atoms with E-state index in [1.54, 1.807) is 30.3 Å². The van der Waals surface area contributed by atoms with Crippen molar-refractivity contribution in [2.45, 2.75) is 12.8 Å². The van der Waals surface area contributed by atoms with Crippen molar-refractivity contribution in [3.8, 4) is 6.07 Å². The zero-order chi connectivity index (χ0) is 14.7. The molecule has 1 saturated carbocycles. The Morgan fingerprint density at radius 1 is 1.14 bits per heavy atom. The molecule has 0 unspecified atom stereocenters. The second-order valence-electron chi connectivity index (χ2n) is 4.85. The summed E-state index contributed by atoms with van der Waals surface area (Å²) >= 11 is 0. The van der Waals surface area contributed by atoms with Gasteiger partial charge in [0.25, 0.3) is 0 Å². The number of anilines is 3. The van der Waals surface area contributed by atoms with E-state index in [0.29, 0.717) is 22.9 Å². The molecular formula is C15H13N5O. The largest absolute Gasteiger partial charge is 0.338 e. The highest BCUT2D eigenvalue weighted by Crippen LogP contribution is 2.29. The summed E-state index contributed by atoms with van der Waals surface area (Å²) in [6.07, 6.45) is 1.90. The highest BCUT2D eigenvalue weighted by Gasteiger charge is 2.29. The minimum Gasteiger partial charge on any atom is -0.338 e. The molecule has 1 aromatic carbocycles. The number of nitrogens with one attached hydrogen (secondary N) is 2. The van der Waals surface area contributed by atoms with Crippen LogP contribution in [0.5, 0.6) is 0 Å². The van der Waals surface area contributed by atoms with Crippen molar-refractivity contribution >= 4 is 23.2 Å². The number of amides is 1. The maximum Gasteiger partial charge on any atom is 0.228 e. The maximum absolute atomic E-state index is 11.6. The third-order valence-corrected chi connectivity index (χ3v) is 3.17. The van der Waals surface area contributed by atoms with Gasteiger partial charge in [-0.25, -0.2) is 0 Å². The van der Waals surface area contributed by atoms with Gasteiger partial charge in [-0.3, -0.25) is 4.79 Å². The van der Waals surface area contributed by atoms with Crippen LogP contribution in [0.3, 0.4) is 0 Å². The summed E-state index contributed by atoms with van der Waals surface area (Å²) in [4.78, 5) is 11.6. The topological polar surface area (TPSA) is 90.7 Å².